The van der Waals surface area contributed by atoms with E-state index in [4.69, 9.17) is 18.9 Å². The van der Waals surface area contributed by atoms with Gasteiger partial charge in [0.1, 0.15) is 5.76 Å². The average Bonchev–Trinajstić information content (AvgIpc) is 3.18. The molecule has 4 rings (SSSR count). The maximum atomic E-state index is 11.1. The largest absolute Gasteiger partial charge is 0.497 e. The van der Waals surface area contributed by atoms with E-state index in [0.29, 0.717) is 12.2 Å². The zero-order chi connectivity index (χ0) is 17.4. The second-order valence-electron chi connectivity index (χ2n) is 6.63. The molecule has 0 fully saturated rings. The van der Waals surface area contributed by atoms with E-state index in [1.165, 1.54) is 5.56 Å². The highest BCUT2D eigenvalue weighted by molar-refractivity contribution is 5.53. The van der Waals surface area contributed by atoms with Crippen LogP contribution in [-0.2, 0) is 20.7 Å². The lowest BCUT2D eigenvalue weighted by Crippen LogP contribution is -2.39. The number of carbonyl (C=O) groups is 1. The van der Waals surface area contributed by atoms with Gasteiger partial charge in [-0.2, -0.15) is 0 Å². The van der Waals surface area contributed by atoms with Gasteiger partial charge < -0.3 is 18.9 Å². The molecule has 0 radical (unpaired) electrons. The van der Waals surface area contributed by atoms with Crippen molar-refractivity contribution >= 4 is 6.47 Å². The zero-order valence-electron chi connectivity index (χ0n) is 14.6. The molecule has 3 aliphatic rings. The van der Waals surface area contributed by atoms with E-state index in [1.807, 2.05) is 0 Å². The lowest BCUT2D eigenvalue weighted by atomic mass is 9.87. The summed E-state index contributed by atoms with van der Waals surface area (Å²) in [6.45, 7) is 4.89. The van der Waals surface area contributed by atoms with Crippen LogP contribution in [0, 0.1) is 0 Å². The van der Waals surface area contributed by atoms with Crippen LogP contribution in [0.4, 0.5) is 0 Å². The number of hydrogen-bond acceptors (Lipinski definition) is 6. The van der Waals surface area contributed by atoms with Gasteiger partial charge in [0.2, 0.25) is 6.79 Å². The predicted molar refractivity (Wildman–Crippen MR) is 90.7 cm³/mol. The Morgan fingerprint density at radius 1 is 1.32 bits per heavy atom. The number of benzene rings is 1. The molecule has 0 bridgehead atoms. The van der Waals surface area contributed by atoms with Crippen LogP contribution >= 0.6 is 0 Å². The Morgan fingerprint density at radius 2 is 2.12 bits per heavy atom. The summed E-state index contributed by atoms with van der Waals surface area (Å²) in [5.41, 5.74) is 2.38. The first-order valence-corrected chi connectivity index (χ1v) is 8.78. The Kier molecular flexibility index (Phi) is 4.29. The lowest BCUT2D eigenvalue weighted by Gasteiger charge is -2.31. The van der Waals surface area contributed by atoms with Crippen LogP contribution in [0.3, 0.4) is 0 Å². The number of methoxy groups -OCH3 is 1. The van der Waals surface area contributed by atoms with Crippen LogP contribution < -0.4 is 9.47 Å². The Morgan fingerprint density at radius 3 is 2.84 bits per heavy atom. The van der Waals surface area contributed by atoms with Crippen molar-refractivity contribution in [3.8, 4) is 11.5 Å². The number of hydrogen-bond donors (Lipinski definition) is 0. The number of nitrogens with zero attached hydrogens (tertiary/aromatic N) is 1. The van der Waals surface area contributed by atoms with E-state index in [0.717, 1.165) is 43.0 Å². The van der Waals surface area contributed by atoms with Gasteiger partial charge in [-0.05, 0) is 48.7 Å². The average molecular weight is 345 g/mol. The summed E-state index contributed by atoms with van der Waals surface area (Å²) in [7, 11) is 1.63. The molecule has 0 N–H and O–H groups in total. The highest BCUT2D eigenvalue weighted by Gasteiger charge is 2.46. The first-order valence-electron chi connectivity index (χ1n) is 8.78. The fourth-order valence-corrected chi connectivity index (χ4v) is 4.29. The Labute approximate surface area is 147 Å². The van der Waals surface area contributed by atoms with Gasteiger partial charge in [0.05, 0.1) is 7.11 Å². The summed E-state index contributed by atoms with van der Waals surface area (Å²) in [5.74, 6) is 2.27. The lowest BCUT2D eigenvalue weighted by molar-refractivity contribution is -0.134. The van der Waals surface area contributed by atoms with Crippen molar-refractivity contribution in [2.75, 3.05) is 27.0 Å². The van der Waals surface area contributed by atoms with Gasteiger partial charge in [-0.3, -0.25) is 9.69 Å². The Bertz CT molecular complexity index is 701. The second kappa shape index (κ2) is 6.59. The van der Waals surface area contributed by atoms with Gasteiger partial charge >= 0.3 is 0 Å². The molecular formula is C19H23NO5. The maximum absolute atomic E-state index is 11.1. The molecule has 25 heavy (non-hydrogen) atoms. The van der Waals surface area contributed by atoms with Gasteiger partial charge in [0, 0.05) is 18.5 Å². The molecular weight excluding hydrogens is 322 g/mol. The smallest absolute Gasteiger partial charge is 0.293 e. The third-order valence-corrected chi connectivity index (χ3v) is 5.34. The van der Waals surface area contributed by atoms with E-state index >= 15 is 0 Å². The maximum Gasteiger partial charge on any atom is 0.293 e. The molecule has 2 aliphatic heterocycles. The van der Waals surface area contributed by atoms with Crippen molar-refractivity contribution in [2.24, 2.45) is 0 Å². The second-order valence-corrected chi connectivity index (χ2v) is 6.63. The third kappa shape index (κ3) is 2.65. The standard InChI is InChI=1S/C19H23NO5/c1-3-5-20-6-4-12-7-15-16(25-11-24-15)8-13(12)18-14(20)9-17(22-2)19(18)23-10-21/h7-10,14,18-19H,3-6,11H2,1-2H3/t14-,18-,19+/m0/s1. The van der Waals surface area contributed by atoms with Crippen molar-refractivity contribution in [1.29, 1.82) is 0 Å². The molecule has 0 saturated heterocycles. The highest BCUT2D eigenvalue weighted by atomic mass is 16.7. The Hall–Kier alpha value is -2.21. The number of carbonyl (C=O) groups excluding carboxylic acids is 1. The molecule has 6 nitrogen and oxygen atoms in total. The van der Waals surface area contributed by atoms with E-state index in [2.05, 4.69) is 30.0 Å². The quantitative estimate of drug-likeness (QED) is 0.763. The first kappa shape index (κ1) is 16.3. The van der Waals surface area contributed by atoms with Crippen LogP contribution in [-0.4, -0.2) is 50.5 Å². The van der Waals surface area contributed by atoms with Crippen molar-refractivity contribution in [2.45, 2.75) is 37.8 Å². The number of ether oxygens (including phenoxy) is 4. The monoisotopic (exact) mass is 345 g/mol. The van der Waals surface area contributed by atoms with Crippen LogP contribution in [0.15, 0.2) is 24.0 Å². The molecule has 0 aromatic heterocycles. The van der Waals surface area contributed by atoms with Crippen molar-refractivity contribution in [3.05, 3.63) is 35.1 Å². The minimum Gasteiger partial charge on any atom is -0.497 e. The van der Waals surface area contributed by atoms with Crippen molar-refractivity contribution < 1.29 is 23.7 Å². The summed E-state index contributed by atoms with van der Waals surface area (Å²) in [5, 5.41) is 0. The summed E-state index contributed by atoms with van der Waals surface area (Å²) in [6.07, 6.45) is 3.69. The van der Waals surface area contributed by atoms with Crippen LogP contribution in [0.2, 0.25) is 0 Å². The van der Waals surface area contributed by atoms with Crippen LogP contribution in [0.5, 0.6) is 11.5 Å². The first-order chi connectivity index (χ1) is 12.3. The zero-order valence-corrected chi connectivity index (χ0v) is 14.6. The number of fused-ring (bicyclic) bond motifs is 4. The minimum atomic E-state index is -0.413. The van der Waals surface area contributed by atoms with E-state index in [9.17, 15) is 4.79 Å². The molecule has 0 amide bonds. The minimum absolute atomic E-state index is 0.00120. The summed E-state index contributed by atoms with van der Waals surface area (Å²) < 4.78 is 22.1. The predicted octanol–water partition coefficient (Wildman–Crippen LogP) is 2.22. The topological polar surface area (TPSA) is 57.2 Å². The van der Waals surface area contributed by atoms with E-state index in [1.54, 1.807) is 7.11 Å². The normalized spacial score (nSPS) is 27.1. The van der Waals surface area contributed by atoms with E-state index < -0.39 is 6.10 Å². The molecule has 0 saturated carbocycles. The fourth-order valence-electron chi connectivity index (χ4n) is 4.29. The SMILES string of the molecule is CCCN1CCc2cc3c(cc2[C@@H]2[C@H](OC=O)C(OC)=C[C@@H]21)OCO3. The van der Waals surface area contributed by atoms with Gasteiger partial charge in [0.25, 0.3) is 6.47 Å². The fraction of sp³-hybridized carbons (Fsp3) is 0.526. The third-order valence-electron chi connectivity index (χ3n) is 5.34. The molecule has 6 heteroatoms. The molecule has 1 aromatic carbocycles. The molecule has 134 valence electrons. The molecule has 1 aliphatic carbocycles. The van der Waals surface area contributed by atoms with Crippen LogP contribution in [0.25, 0.3) is 0 Å². The van der Waals surface area contributed by atoms with Crippen LogP contribution in [0.1, 0.15) is 30.4 Å². The Balaban J connectivity index is 1.81. The number of rotatable bonds is 5. The van der Waals surface area contributed by atoms with Gasteiger partial charge in [-0.15, -0.1) is 0 Å². The summed E-state index contributed by atoms with van der Waals surface area (Å²) in [6, 6.07) is 4.27. The van der Waals surface area contributed by atoms with Crippen molar-refractivity contribution in [1.82, 2.24) is 4.90 Å². The summed E-state index contributed by atoms with van der Waals surface area (Å²) >= 11 is 0. The molecule has 0 unspecified atom stereocenters. The van der Waals surface area contributed by atoms with Gasteiger partial charge in [-0.1, -0.05) is 6.92 Å². The summed E-state index contributed by atoms with van der Waals surface area (Å²) in [4.78, 5) is 13.6. The molecule has 2 heterocycles. The molecule has 0 spiro atoms. The highest BCUT2D eigenvalue weighted by Crippen LogP contribution is 2.46. The van der Waals surface area contributed by atoms with Gasteiger partial charge in [-0.25, -0.2) is 0 Å². The molecule has 3 atom stereocenters. The van der Waals surface area contributed by atoms with E-state index in [-0.39, 0.29) is 18.8 Å². The molecule has 1 aromatic rings. The van der Waals surface area contributed by atoms with Crippen molar-refractivity contribution in [3.63, 3.8) is 0 Å². The van der Waals surface area contributed by atoms with Gasteiger partial charge in [0.15, 0.2) is 17.6 Å².